The number of halogens is 2. The minimum absolute atomic E-state index is 0.0154. The van der Waals surface area contributed by atoms with Crippen molar-refractivity contribution >= 4 is 21.6 Å². The van der Waals surface area contributed by atoms with Gasteiger partial charge in [0, 0.05) is 42.5 Å². The molecule has 4 aromatic rings. The van der Waals surface area contributed by atoms with Crippen LogP contribution in [0.4, 0.5) is 14.5 Å². The summed E-state index contributed by atoms with van der Waals surface area (Å²) in [6.45, 7) is 0.289. The molecule has 0 unspecified atom stereocenters. The molecule has 0 fully saturated rings. The molecule has 0 radical (unpaired) electrons. The van der Waals surface area contributed by atoms with Crippen molar-refractivity contribution < 1.29 is 22.0 Å². The third-order valence-corrected chi connectivity index (χ3v) is 6.92. The van der Waals surface area contributed by atoms with Crippen molar-refractivity contribution in [1.29, 1.82) is 0 Å². The summed E-state index contributed by atoms with van der Waals surface area (Å²) in [7, 11) is -2.35. The molecule has 0 aliphatic carbocycles. The van der Waals surface area contributed by atoms with Crippen molar-refractivity contribution in [1.82, 2.24) is 15.1 Å². The van der Waals surface area contributed by atoms with Crippen LogP contribution in [0.1, 0.15) is 15.9 Å². The molecular weight excluding hydrogens is 462 g/mol. The molecule has 7 nitrogen and oxygen atoms in total. The number of aromatic nitrogens is 2. The number of sulfonamides is 1. The van der Waals surface area contributed by atoms with E-state index in [4.69, 9.17) is 0 Å². The Morgan fingerprint density at radius 2 is 1.74 bits per heavy atom. The fraction of sp³-hybridized carbons (Fsp3) is 0.0833. The molecule has 0 bridgehead atoms. The highest BCUT2D eigenvalue weighted by Crippen LogP contribution is 2.40. The maximum absolute atomic E-state index is 14.8. The fourth-order valence-corrected chi connectivity index (χ4v) is 5.04. The number of amides is 1. The Balaban J connectivity index is 1.70. The zero-order valence-corrected chi connectivity index (χ0v) is 18.7. The van der Waals surface area contributed by atoms with E-state index in [1.807, 2.05) is 0 Å². The molecule has 0 spiro atoms. The number of nitrogens with one attached hydrogen (secondary N) is 2. The van der Waals surface area contributed by atoms with E-state index in [9.17, 15) is 22.0 Å². The standard InChI is InChI=1S/C24H18F2N4O3S/c1-30-13-16(12-28-30)34(32,33)29-23-5-3-2-4-18(23)20-8-14-11-27-24(31)19(14)10-21(20)17-7-6-15(25)9-22(17)26/h2-10,12-13,29H,11H2,1H3,(H,27,31). The third-order valence-electron chi connectivity index (χ3n) is 5.60. The topological polar surface area (TPSA) is 93.1 Å². The van der Waals surface area contributed by atoms with Crippen molar-refractivity contribution in [3.8, 4) is 22.3 Å². The highest BCUT2D eigenvalue weighted by Gasteiger charge is 2.25. The van der Waals surface area contributed by atoms with Gasteiger partial charge in [0.25, 0.3) is 15.9 Å². The first-order valence-corrected chi connectivity index (χ1v) is 11.7. The van der Waals surface area contributed by atoms with Crippen LogP contribution in [-0.2, 0) is 23.6 Å². The van der Waals surface area contributed by atoms with Crippen LogP contribution in [0.15, 0.2) is 71.9 Å². The van der Waals surface area contributed by atoms with Crippen LogP contribution in [0.2, 0.25) is 0 Å². The molecule has 34 heavy (non-hydrogen) atoms. The van der Waals surface area contributed by atoms with E-state index in [0.717, 1.165) is 12.1 Å². The Morgan fingerprint density at radius 3 is 2.47 bits per heavy atom. The maximum Gasteiger partial charge on any atom is 0.265 e. The minimum atomic E-state index is -3.96. The largest absolute Gasteiger partial charge is 0.348 e. The second-order valence-corrected chi connectivity index (χ2v) is 9.54. The zero-order valence-electron chi connectivity index (χ0n) is 17.8. The van der Waals surface area contributed by atoms with Crippen LogP contribution in [0.25, 0.3) is 22.3 Å². The summed E-state index contributed by atoms with van der Waals surface area (Å²) in [5, 5.41) is 6.64. The molecule has 1 aliphatic heterocycles. The van der Waals surface area contributed by atoms with E-state index < -0.39 is 21.7 Å². The zero-order chi connectivity index (χ0) is 24.0. The third kappa shape index (κ3) is 3.81. The normalized spacial score (nSPS) is 13.0. The second-order valence-electron chi connectivity index (χ2n) is 7.86. The number of aryl methyl sites for hydroxylation is 1. The Bertz CT molecular complexity index is 1560. The van der Waals surface area contributed by atoms with E-state index >= 15 is 0 Å². The van der Waals surface area contributed by atoms with E-state index in [1.165, 1.54) is 23.1 Å². The number of anilines is 1. The number of rotatable bonds is 5. The van der Waals surface area contributed by atoms with Crippen LogP contribution >= 0.6 is 0 Å². The number of fused-ring (bicyclic) bond motifs is 1. The van der Waals surface area contributed by atoms with Gasteiger partial charge < -0.3 is 5.32 Å². The summed E-state index contributed by atoms with van der Waals surface area (Å²) in [6, 6.07) is 13.1. The Kier molecular flexibility index (Phi) is 5.17. The lowest BCUT2D eigenvalue weighted by Gasteiger charge is -2.17. The van der Waals surface area contributed by atoms with Gasteiger partial charge >= 0.3 is 0 Å². The number of carbonyl (C=O) groups excluding carboxylic acids is 1. The van der Waals surface area contributed by atoms with Gasteiger partial charge in [-0.3, -0.25) is 14.2 Å². The molecule has 0 saturated carbocycles. The lowest BCUT2D eigenvalue weighted by Crippen LogP contribution is -2.13. The SMILES string of the molecule is Cn1cc(S(=O)(=O)Nc2ccccc2-c2cc3c(cc2-c2ccc(F)cc2F)C(=O)NC3)cn1. The predicted molar refractivity (Wildman–Crippen MR) is 122 cm³/mol. The summed E-state index contributed by atoms with van der Waals surface area (Å²) >= 11 is 0. The Morgan fingerprint density at radius 1 is 0.971 bits per heavy atom. The van der Waals surface area contributed by atoms with Gasteiger partial charge in [0.2, 0.25) is 0 Å². The van der Waals surface area contributed by atoms with Crippen molar-refractivity contribution in [2.24, 2.45) is 7.05 Å². The molecule has 0 atom stereocenters. The average Bonchev–Trinajstić information content (AvgIpc) is 3.39. The number of hydrogen-bond acceptors (Lipinski definition) is 4. The first kappa shape index (κ1) is 21.8. The van der Waals surface area contributed by atoms with Gasteiger partial charge in [-0.2, -0.15) is 5.10 Å². The van der Waals surface area contributed by atoms with E-state index in [1.54, 1.807) is 43.4 Å². The number of para-hydroxylation sites is 1. The smallest absolute Gasteiger partial charge is 0.265 e. The highest BCUT2D eigenvalue weighted by atomic mass is 32.2. The summed E-state index contributed by atoms with van der Waals surface area (Å²) in [5.74, 6) is -1.82. The molecular formula is C24H18F2N4O3S. The highest BCUT2D eigenvalue weighted by molar-refractivity contribution is 7.92. The first-order valence-electron chi connectivity index (χ1n) is 10.2. The van der Waals surface area contributed by atoms with Gasteiger partial charge in [-0.25, -0.2) is 17.2 Å². The number of carbonyl (C=O) groups is 1. The van der Waals surface area contributed by atoms with Gasteiger partial charge in [0.1, 0.15) is 16.5 Å². The summed E-state index contributed by atoms with van der Waals surface area (Å²) in [6.07, 6.45) is 2.61. The van der Waals surface area contributed by atoms with Gasteiger partial charge in [0.15, 0.2) is 0 Å². The van der Waals surface area contributed by atoms with Gasteiger partial charge in [0.05, 0.1) is 11.9 Å². The molecule has 2 N–H and O–H groups in total. The van der Waals surface area contributed by atoms with E-state index in [2.05, 4.69) is 15.1 Å². The van der Waals surface area contributed by atoms with Gasteiger partial charge in [-0.05, 0) is 47.0 Å². The first-order chi connectivity index (χ1) is 16.2. The minimum Gasteiger partial charge on any atom is -0.348 e. The molecule has 5 rings (SSSR count). The quantitative estimate of drug-likeness (QED) is 0.450. The molecule has 0 saturated heterocycles. The molecule has 1 amide bonds. The van der Waals surface area contributed by atoms with Crippen molar-refractivity contribution in [3.05, 3.63) is 89.8 Å². The monoisotopic (exact) mass is 480 g/mol. The van der Waals surface area contributed by atoms with Gasteiger partial charge in [-0.1, -0.05) is 18.2 Å². The number of hydrogen-bond donors (Lipinski definition) is 2. The average molecular weight is 480 g/mol. The Labute approximate surface area is 194 Å². The van der Waals surface area contributed by atoms with Crippen LogP contribution in [0, 0.1) is 11.6 Å². The van der Waals surface area contributed by atoms with Crippen LogP contribution in [0.5, 0.6) is 0 Å². The molecule has 3 aromatic carbocycles. The summed E-state index contributed by atoms with van der Waals surface area (Å²) in [5.41, 5.74) is 2.71. The predicted octanol–water partition coefficient (Wildman–Crippen LogP) is 4.08. The number of benzene rings is 3. The van der Waals surface area contributed by atoms with Crippen molar-refractivity contribution in [2.75, 3.05) is 4.72 Å². The van der Waals surface area contributed by atoms with E-state index in [0.29, 0.717) is 27.8 Å². The molecule has 2 heterocycles. The van der Waals surface area contributed by atoms with Crippen LogP contribution < -0.4 is 10.0 Å². The number of nitrogens with zero attached hydrogens (tertiary/aromatic N) is 2. The van der Waals surface area contributed by atoms with Gasteiger partial charge in [-0.15, -0.1) is 0 Å². The van der Waals surface area contributed by atoms with Crippen LogP contribution in [0.3, 0.4) is 0 Å². The van der Waals surface area contributed by atoms with E-state index in [-0.39, 0.29) is 28.6 Å². The second kappa shape index (κ2) is 8.07. The molecule has 10 heteroatoms. The lowest BCUT2D eigenvalue weighted by molar-refractivity contribution is 0.0965. The van der Waals surface area contributed by atoms with Crippen molar-refractivity contribution in [3.63, 3.8) is 0 Å². The van der Waals surface area contributed by atoms with Crippen LogP contribution in [-0.4, -0.2) is 24.1 Å². The summed E-state index contributed by atoms with van der Waals surface area (Å²) < 4.78 is 58.3. The molecule has 1 aliphatic rings. The summed E-state index contributed by atoms with van der Waals surface area (Å²) in [4.78, 5) is 12.3. The Hall–Kier alpha value is -4.05. The maximum atomic E-state index is 14.8. The van der Waals surface area contributed by atoms with Crippen molar-refractivity contribution in [2.45, 2.75) is 11.4 Å². The molecule has 172 valence electrons. The lowest BCUT2D eigenvalue weighted by atomic mass is 9.90. The fourth-order valence-electron chi connectivity index (χ4n) is 3.97. The molecule has 1 aromatic heterocycles.